The second kappa shape index (κ2) is 7.66. The van der Waals surface area contributed by atoms with Crippen molar-refractivity contribution >= 4 is 15.5 Å². The van der Waals surface area contributed by atoms with E-state index in [1.165, 1.54) is 6.26 Å². The third-order valence-electron chi connectivity index (χ3n) is 3.42. The number of hydrogen-bond acceptors (Lipinski definition) is 5. The molecule has 21 heavy (non-hydrogen) atoms. The Balaban J connectivity index is 2.77. The second-order valence-electron chi connectivity index (χ2n) is 5.47. The lowest BCUT2D eigenvalue weighted by atomic mass is 10.1. The SMILES string of the molecule is CCCNC(C)c1ccc(N(C)CCS(C)(=O)=O)cc1O. The van der Waals surface area contributed by atoms with Crippen molar-refractivity contribution in [1.29, 1.82) is 0 Å². The summed E-state index contributed by atoms with van der Waals surface area (Å²) in [5, 5.41) is 13.5. The van der Waals surface area contributed by atoms with Crippen molar-refractivity contribution in [3.63, 3.8) is 0 Å². The van der Waals surface area contributed by atoms with Crippen molar-refractivity contribution in [3.8, 4) is 5.75 Å². The Kier molecular flexibility index (Phi) is 6.48. The Morgan fingerprint density at radius 1 is 1.38 bits per heavy atom. The number of rotatable bonds is 8. The maximum Gasteiger partial charge on any atom is 0.149 e. The Bertz CT molecular complexity index is 558. The minimum Gasteiger partial charge on any atom is -0.508 e. The molecule has 1 unspecified atom stereocenters. The van der Waals surface area contributed by atoms with Gasteiger partial charge in [-0.05, 0) is 26.0 Å². The maximum absolute atomic E-state index is 11.2. The molecule has 2 N–H and O–H groups in total. The molecule has 1 atom stereocenters. The fraction of sp³-hybridized carbons (Fsp3) is 0.600. The summed E-state index contributed by atoms with van der Waals surface area (Å²) in [6, 6.07) is 5.55. The molecule has 0 aromatic heterocycles. The first-order valence-electron chi connectivity index (χ1n) is 7.19. The molecule has 0 aliphatic heterocycles. The predicted molar refractivity (Wildman–Crippen MR) is 87.8 cm³/mol. The van der Waals surface area contributed by atoms with E-state index in [0.29, 0.717) is 6.54 Å². The molecule has 1 aromatic rings. The minimum atomic E-state index is -2.98. The lowest BCUT2D eigenvalue weighted by molar-refractivity contribution is 0.452. The highest BCUT2D eigenvalue weighted by Crippen LogP contribution is 2.28. The molecule has 1 aromatic carbocycles. The lowest BCUT2D eigenvalue weighted by Gasteiger charge is -2.21. The topological polar surface area (TPSA) is 69.6 Å². The second-order valence-corrected chi connectivity index (χ2v) is 7.73. The van der Waals surface area contributed by atoms with Gasteiger partial charge in [-0.3, -0.25) is 0 Å². The number of nitrogens with one attached hydrogen (secondary N) is 1. The molecule has 6 heteroatoms. The van der Waals surface area contributed by atoms with Gasteiger partial charge in [0.2, 0.25) is 0 Å². The summed E-state index contributed by atoms with van der Waals surface area (Å²) >= 11 is 0. The number of aromatic hydroxyl groups is 1. The number of phenolic OH excluding ortho intramolecular Hbond substituents is 1. The maximum atomic E-state index is 11.2. The van der Waals surface area contributed by atoms with Gasteiger partial charge in [-0.15, -0.1) is 0 Å². The van der Waals surface area contributed by atoms with Crippen LogP contribution in [0.1, 0.15) is 31.9 Å². The third kappa shape index (κ3) is 5.93. The Morgan fingerprint density at radius 3 is 2.57 bits per heavy atom. The average molecular weight is 314 g/mol. The van der Waals surface area contributed by atoms with Gasteiger partial charge in [0.25, 0.3) is 0 Å². The van der Waals surface area contributed by atoms with E-state index < -0.39 is 9.84 Å². The van der Waals surface area contributed by atoms with Crippen LogP contribution >= 0.6 is 0 Å². The summed E-state index contributed by atoms with van der Waals surface area (Å²) in [5.74, 6) is 0.329. The zero-order valence-corrected chi connectivity index (χ0v) is 14.1. The first-order valence-corrected chi connectivity index (χ1v) is 9.25. The van der Waals surface area contributed by atoms with Crippen LogP contribution in [-0.2, 0) is 9.84 Å². The Hall–Kier alpha value is -1.27. The number of nitrogens with zero attached hydrogens (tertiary/aromatic N) is 1. The molecule has 0 aliphatic rings. The van der Waals surface area contributed by atoms with Crippen molar-refractivity contribution in [3.05, 3.63) is 23.8 Å². The van der Waals surface area contributed by atoms with Crippen LogP contribution in [0.15, 0.2) is 18.2 Å². The molecule has 0 radical (unpaired) electrons. The van der Waals surface area contributed by atoms with Crippen molar-refractivity contribution < 1.29 is 13.5 Å². The third-order valence-corrected chi connectivity index (χ3v) is 4.34. The standard InChI is InChI=1S/C15H26N2O3S/c1-5-8-16-12(2)14-7-6-13(11-15(14)18)17(3)9-10-21(4,19)20/h6-7,11-12,16,18H,5,8-10H2,1-4H3. The zero-order valence-electron chi connectivity index (χ0n) is 13.3. The summed E-state index contributed by atoms with van der Waals surface area (Å²) < 4.78 is 22.4. The van der Waals surface area contributed by atoms with Crippen LogP contribution in [-0.4, -0.2) is 45.7 Å². The van der Waals surface area contributed by atoms with E-state index in [2.05, 4.69) is 12.2 Å². The molecule has 0 bridgehead atoms. The van der Waals surface area contributed by atoms with Crippen molar-refractivity contribution in [2.45, 2.75) is 26.3 Å². The van der Waals surface area contributed by atoms with Gasteiger partial charge >= 0.3 is 0 Å². The van der Waals surface area contributed by atoms with Crippen LogP contribution < -0.4 is 10.2 Å². The van der Waals surface area contributed by atoms with Gasteiger partial charge in [-0.25, -0.2) is 8.42 Å². The van der Waals surface area contributed by atoms with Crippen molar-refractivity contribution in [2.75, 3.05) is 37.0 Å². The van der Waals surface area contributed by atoms with E-state index >= 15 is 0 Å². The molecule has 0 saturated carbocycles. The molecule has 0 aliphatic carbocycles. The number of anilines is 1. The molecule has 0 spiro atoms. The first-order chi connectivity index (χ1) is 9.74. The highest BCUT2D eigenvalue weighted by atomic mass is 32.2. The Morgan fingerprint density at radius 2 is 2.05 bits per heavy atom. The molecular weight excluding hydrogens is 288 g/mol. The molecular formula is C15H26N2O3S. The molecule has 0 amide bonds. The summed E-state index contributed by atoms with van der Waals surface area (Å²) in [6.45, 7) is 5.41. The molecule has 0 saturated heterocycles. The van der Waals surface area contributed by atoms with Crippen molar-refractivity contribution in [1.82, 2.24) is 5.32 Å². The van der Waals surface area contributed by atoms with Gasteiger partial charge in [0.1, 0.15) is 15.6 Å². The number of sulfone groups is 1. The smallest absolute Gasteiger partial charge is 0.149 e. The van der Waals surface area contributed by atoms with Gasteiger partial charge in [0, 0.05) is 43.2 Å². The van der Waals surface area contributed by atoms with Gasteiger partial charge in [0.05, 0.1) is 5.75 Å². The highest BCUT2D eigenvalue weighted by Gasteiger charge is 2.12. The molecule has 1 rings (SSSR count). The minimum absolute atomic E-state index is 0.0836. The van der Waals surface area contributed by atoms with Gasteiger partial charge < -0.3 is 15.3 Å². The summed E-state index contributed by atoms with van der Waals surface area (Å²) in [6.07, 6.45) is 2.26. The van der Waals surface area contributed by atoms with Crippen LogP contribution in [0.3, 0.4) is 0 Å². The van der Waals surface area contributed by atoms with E-state index in [4.69, 9.17) is 0 Å². The fourth-order valence-corrected chi connectivity index (χ4v) is 2.64. The number of benzene rings is 1. The summed E-state index contributed by atoms with van der Waals surface area (Å²) in [7, 11) is -1.17. The monoisotopic (exact) mass is 314 g/mol. The van der Waals surface area contributed by atoms with Crippen LogP contribution in [0, 0.1) is 0 Å². The Labute approximate surface area is 127 Å². The first kappa shape index (κ1) is 17.8. The van der Waals surface area contributed by atoms with E-state index in [9.17, 15) is 13.5 Å². The largest absolute Gasteiger partial charge is 0.508 e. The van der Waals surface area contributed by atoms with Crippen LogP contribution in [0.25, 0.3) is 0 Å². The fourth-order valence-electron chi connectivity index (χ4n) is 2.04. The molecule has 0 heterocycles. The number of phenols is 1. The summed E-state index contributed by atoms with van der Waals surface area (Å²) in [4.78, 5) is 1.83. The van der Waals surface area contributed by atoms with E-state index in [1.54, 1.807) is 6.07 Å². The van der Waals surface area contributed by atoms with E-state index in [-0.39, 0.29) is 17.5 Å². The van der Waals surface area contributed by atoms with Crippen LogP contribution in [0.4, 0.5) is 5.69 Å². The quantitative estimate of drug-likeness (QED) is 0.767. The normalized spacial score (nSPS) is 13.1. The van der Waals surface area contributed by atoms with Crippen LogP contribution in [0.2, 0.25) is 0 Å². The van der Waals surface area contributed by atoms with E-state index in [1.807, 2.05) is 31.0 Å². The number of hydrogen-bond donors (Lipinski definition) is 2. The lowest BCUT2D eigenvalue weighted by Crippen LogP contribution is -2.25. The highest BCUT2D eigenvalue weighted by molar-refractivity contribution is 7.90. The predicted octanol–water partition coefficient (Wildman–Crippen LogP) is 1.93. The molecule has 120 valence electrons. The van der Waals surface area contributed by atoms with Gasteiger partial charge in [0.15, 0.2) is 0 Å². The molecule has 0 fully saturated rings. The zero-order chi connectivity index (χ0) is 16.0. The average Bonchev–Trinajstić information content (AvgIpc) is 2.41. The van der Waals surface area contributed by atoms with E-state index in [0.717, 1.165) is 24.2 Å². The summed E-state index contributed by atoms with van der Waals surface area (Å²) in [5.41, 5.74) is 1.66. The van der Waals surface area contributed by atoms with Crippen molar-refractivity contribution in [2.24, 2.45) is 0 Å². The molecule has 5 nitrogen and oxygen atoms in total. The van der Waals surface area contributed by atoms with Gasteiger partial charge in [-0.2, -0.15) is 0 Å². The van der Waals surface area contributed by atoms with Crippen LogP contribution in [0.5, 0.6) is 5.75 Å². The van der Waals surface area contributed by atoms with Gasteiger partial charge in [-0.1, -0.05) is 13.0 Å².